The number of halogens is 4. The maximum atomic E-state index is 12.3. The van der Waals surface area contributed by atoms with Crippen molar-refractivity contribution in [3.63, 3.8) is 0 Å². The zero-order valence-corrected chi connectivity index (χ0v) is 8.11. The average molecular weight is 241 g/mol. The van der Waals surface area contributed by atoms with Crippen molar-refractivity contribution in [2.45, 2.75) is 6.43 Å². The molecule has 3 nitrogen and oxygen atoms in total. The molecular weight excluding hydrogens is 237 g/mol. The van der Waals surface area contributed by atoms with Crippen LogP contribution in [0.2, 0.25) is 10.2 Å². The van der Waals surface area contributed by atoms with Gasteiger partial charge in [-0.2, -0.15) is 0 Å². The van der Waals surface area contributed by atoms with Gasteiger partial charge in [0.1, 0.15) is 10.8 Å². The Morgan fingerprint density at radius 2 is 2.07 bits per heavy atom. The monoisotopic (exact) mass is 240 g/mol. The van der Waals surface area contributed by atoms with E-state index in [2.05, 4.69) is 4.98 Å². The van der Waals surface area contributed by atoms with Gasteiger partial charge in [-0.3, -0.25) is 4.79 Å². The third-order valence-corrected chi connectivity index (χ3v) is 2.11. The SMILES string of the molecule is NC(=O)c1cc(Cl)c(Cl)nc1C(F)F. The minimum absolute atomic E-state index is 0.0927. The van der Waals surface area contributed by atoms with Crippen LogP contribution in [0.15, 0.2) is 6.07 Å². The molecule has 0 aliphatic carbocycles. The van der Waals surface area contributed by atoms with Crippen molar-refractivity contribution >= 4 is 29.1 Å². The Morgan fingerprint density at radius 3 is 2.50 bits per heavy atom. The van der Waals surface area contributed by atoms with Gasteiger partial charge in [0.25, 0.3) is 12.3 Å². The molecule has 0 aliphatic rings. The number of nitrogens with two attached hydrogens (primary N) is 1. The zero-order chi connectivity index (χ0) is 10.9. The summed E-state index contributed by atoms with van der Waals surface area (Å²) in [4.78, 5) is 14.0. The molecule has 14 heavy (non-hydrogen) atoms. The second-order valence-corrected chi connectivity index (χ2v) is 3.12. The van der Waals surface area contributed by atoms with Crippen molar-refractivity contribution in [3.05, 3.63) is 27.5 Å². The molecule has 0 bridgehead atoms. The molecule has 0 radical (unpaired) electrons. The van der Waals surface area contributed by atoms with Crippen LogP contribution in [0.3, 0.4) is 0 Å². The zero-order valence-electron chi connectivity index (χ0n) is 6.60. The molecule has 0 aromatic carbocycles. The van der Waals surface area contributed by atoms with E-state index in [9.17, 15) is 13.6 Å². The van der Waals surface area contributed by atoms with Crippen molar-refractivity contribution in [1.82, 2.24) is 4.98 Å². The number of carbonyl (C=O) groups excluding carboxylic acids is 1. The number of nitrogens with zero attached hydrogens (tertiary/aromatic N) is 1. The predicted molar refractivity (Wildman–Crippen MR) is 47.7 cm³/mol. The highest BCUT2D eigenvalue weighted by molar-refractivity contribution is 6.41. The molecule has 1 rings (SSSR count). The van der Waals surface area contributed by atoms with Crippen LogP contribution < -0.4 is 5.73 Å². The fourth-order valence-electron chi connectivity index (χ4n) is 0.843. The van der Waals surface area contributed by atoms with Gasteiger partial charge in [-0.05, 0) is 6.07 Å². The van der Waals surface area contributed by atoms with Crippen LogP contribution in [0.5, 0.6) is 0 Å². The normalized spacial score (nSPS) is 10.6. The van der Waals surface area contributed by atoms with Gasteiger partial charge in [0.2, 0.25) is 0 Å². The molecule has 0 aliphatic heterocycles. The summed E-state index contributed by atoms with van der Waals surface area (Å²) in [5.41, 5.74) is 3.68. The summed E-state index contributed by atoms with van der Waals surface area (Å²) in [6.07, 6.45) is -2.92. The first-order valence-electron chi connectivity index (χ1n) is 3.37. The number of amides is 1. The number of hydrogen-bond acceptors (Lipinski definition) is 2. The number of pyridine rings is 1. The lowest BCUT2D eigenvalue weighted by atomic mass is 10.2. The van der Waals surface area contributed by atoms with Crippen LogP contribution >= 0.6 is 23.2 Å². The Labute approximate surface area is 87.8 Å². The van der Waals surface area contributed by atoms with E-state index < -0.39 is 23.6 Å². The van der Waals surface area contributed by atoms with Crippen molar-refractivity contribution in [2.24, 2.45) is 5.73 Å². The van der Waals surface area contributed by atoms with E-state index >= 15 is 0 Å². The quantitative estimate of drug-likeness (QED) is 0.808. The fourth-order valence-corrected chi connectivity index (χ4v) is 1.14. The number of rotatable bonds is 2. The molecule has 2 N–H and O–H groups in total. The molecule has 0 unspecified atom stereocenters. The summed E-state index contributed by atoms with van der Waals surface area (Å²) in [6.45, 7) is 0. The van der Waals surface area contributed by atoms with Gasteiger partial charge in [-0.15, -0.1) is 0 Å². The highest BCUT2D eigenvalue weighted by atomic mass is 35.5. The molecule has 1 heterocycles. The Morgan fingerprint density at radius 1 is 1.50 bits per heavy atom. The first-order chi connectivity index (χ1) is 6.43. The predicted octanol–water partition coefficient (Wildman–Crippen LogP) is 2.42. The third kappa shape index (κ3) is 2.10. The Hall–Kier alpha value is -0.940. The Bertz CT molecular complexity index is 384. The number of carbonyl (C=O) groups is 1. The van der Waals surface area contributed by atoms with Crippen molar-refractivity contribution < 1.29 is 13.6 Å². The highest BCUT2D eigenvalue weighted by Crippen LogP contribution is 2.27. The van der Waals surface area contributed by atoms with Crippen LogP contribution in [-0.4, -0.2) is 10.9 Å². The van der Waals surface area contributed by atoms with Crippen molar-refractivity contribution in [1.29, 1.82) is 0 Å². The van der Waals surface area contributed by atoms with Crippen LogP contribution in [-0.2, 0) is 0 Å². The third-order valence-electron chi connectivity index (χ3n) is 1.43. The summed E-state index contributed by atoms with van der Waals surface area (Å²) in [6, 6.07) is 0.973. The number of primary amides is 1. The minimum atomic E-state index is -2.92. The Kier molecular flexibility index (Phi) is 3.23. The first-order valence-corrected chi connectivity index (χ1v) is 4.13. The van der Waals surface area contributed by atoms with Gasteiger partial charge in [0.05, 0.1) is 10.6 Å². The minimum Gasteiger partial charge on any atom is -0.366 e. The van der Waals surface area contributed by atoms with E-state index in [0.717, 1.165) is 6.07 Å². The summed E-state index contributed by atoms with van der Waals surface area (Å²) >= 11 is 10.9. The summed E-state index contributed by atoms with van der Waals surface area (Å²) in [5.74, 6) is -1.02. The largest absolute Gasteiger partial charge is 0.366 e. The fraction of sp³-hybridized carbons (Fsp3) is 0.143. The lowest BCUT2D eigenvalue weighted by Gasteiger charge is -2.05. The van der Waals surface area contributed by atoms with Gasteiger partial charge >= 0.3 is 0 Å². The number of hydrogen-bond donors (Lipinski definition) is 1. The van der Waals surface area contributed by atoms with Crippen molar-refractivity contribution in [3.8, 4) is 0 Å². The van der Waals surface area contributed by atoms with E-state index in [4.69, 9.17) is 28.9 Å². The first kappa shape index (κ1) is 11.1. The molecule has 0 fully saturated rings. The van der Waals surface area contributed by atoms with E-state index in [0.29, 0.717) is 0 Å². The topological polar surface area (TPSA) is 56.0 Å². The van der Waals surface area contributed by atoms with E-state index in [-0.39, 0.29) is 10.2 Å². The molecule has 0 atom stereocenters. The standard InChI is InChI=1S/C7H4Cl2F2N2O/c8-3-1-2(7(12)14)4(6(10)11)13-5(3)9/h1,6H,(H2,12,14). The molecule has 0 spiro atoms. The second-order valence-electron chi connectivity index (χ2n) is 2.36. The van der Waals surface area contributed by atoms with Gasteiger partial charge in [-0.25, -0.2) is 13.8 Å². The number of alkyl halides is 2. The molecule has 1 amide bonds. The van der Waals surface area contributed by atoms with Gasteiger partial charge in [0, 0.05) is 0 Å². The van der Waals surface area contributed by atoms with Crippen LogP contribution in [0.1, 0.15) is 22.5 Å². The van der Waals surface area contributed by atoms with Crippen LogP contribution in [0, 0.1) is 0 Å². The van der Waals surface area contributed by atoms with E-state index in [1.807, 2.05) is 0 Å². The number of aromatic nitrogens is 1. The highest BCUT2D eigenvalue weighted by Gasteiger charge is 2.20. The Balaban J connectivity index is 3.39. The molecular formula is C7H4Cl2F2N2O. The lowest BCUT2D eigenvalue weighted by Crippen LogP contribution is -2.15. The lowest BCUT2D eigenvalue weighted by molar-refractivity contribution is 0.0983. The molecule has 0 saturated heterocycles. The summed E-state index contributed by atoms with van der Waals surface area (Å²) in [7, 11) is 0. The summed E-state index contributed by atoms with van der Waals surface area (Å²) < 4.78 is 24.7. The molecule has 0 saturated carbocycles. The van der Waals surface area contributed by atoms with E-state index in [1.165, 1.54) is 0 Å². The molecule has 7 heteroatoms. The molecule has 1 aromatic heterocycles. The molecule has 1 aromatic rings. The summed E-state index contributed by atoms with van der Waals surface area (Å²) in [5, 5.41) is -0.378. The van der Waals surface area contributed by atoms with Crippen LogP contribution in [0.25, 0.3) is 0 Å². The van der Waals surface area contributed by atoms with Crippen LogP contribution in [0.4, 0.5) is 8.78 Å². The van der Waals surface area contributed by atoms with Crippen molar-refractivity contribution in [2.75, 3.05) is 0 Å². The van der Waals surface area contributed by atoms with Gasteiger partial charge in [0.15, 0.2) is 0 Å². The second kappa shape index (κ2) is 4.06. The molecule has 76 valence electrons. The smallest absolute Gasteiger partial charge is 0.281 e. The average Bonchev–Trinajstić information content (AvgIpc) is 2.08. The van der Waals surface area contributed by atoms with E-state index in [1.54, 1.807) is 0 Å². The van der Waals surface area contributed by atoms with Gasteiger partial charge < -0.3 is 5.73 Å². The maximum absolute atomic E-state index is 12.3. The maximum Gasteiger partial charge on any atom is 0.281 e. The van der Waals surface area contributed by atoms with Gasteiger partial charge in [-0.1, -0.05) is 23.2 Å².